The molecule has 0 aliphatic carbocycles. The average Bonchev–Trinajstić information content (AvgIpc) is 2.89. The molecule has 2 aromatic heterocycles. The van der Waals surface area contributed by atoms with Crippen LogP contribution in [0.25, 0.3) is 15.5 Å². The molecule has 0 aliphatic rings. The summed E-state index contributed by atoms with van der Waals surface area (Å²) in [5, 5.41) is 23.1. The summed E-state index contributed by atoms with van der Waals surface area (Å²) in [4.78, 5) is 10.8. The normalized spacial score (nSPS) is 10.8. The van der Waals surface area contributed by atoms with Crippen molar-refractivity contribution in [3.8, 4) is 10.6 Å². The largest absolute Gasteiger partial charge is 0.269 e. The van der Waals surface area contributed by atoms with Gasteiger partial charge in [0.2, 0.25) is 4.96 Å². The van der Waals surface area contributed by atoms with Gasteiger partial charge in [0, 0.05) is 17.7 Å². The molecule has 0 amide bonds. The van der Waals surface area contributed by atoms with Gasteiger partial charge in [-0.1, -0.05) is 11.3 Å². The van der Waals surface area contributed by atoms with Gasteiger partial charge in [-0.2, -0.15) is 9.61 Å². The van der Waals surface area contributed by atoms with Gasteiger partial charge in [0.15, 0.2) is 0 Å². The second kappa shape index (κ2) is 3.59. The van der Waals surface area contributed by atoms with Crippen LogP contribution >= 0.6 is 11.3 Å². The first-order valence-corrected chi connectivity index (χ1v) is 5.47. The van der Waals surface area contributed by atoms with Crippen LogP contribution in [0.5, 0.6) is 0 Å². The SMILES string of the molecule is O=[N+]([O-])c1ccc(-c2nn3cnnc3s2)cc1. The number of fused-ring (bicyclic) bond motifs is 1. The molecule has 0 spiro atoms. The maximum absolute atomic E-state index is 10.5. The van der Waals surface area contributed by atoms with Crippen LogP contribution in [0.3, 0.4) is 0 Å². The zero-order chi connectivity index (χ0) is 11.8. The molecule has 3 aromatic rings. The Morgan fingerprint density at radius 2 is 2.06 bits per heavy atom. The van der Waals surface area contributed by atoms with Gasteiger partial charge >= 0.3 is 0 Å². The minimum Gasteiger partial charge on any atom is -0.258 e. The lowest BCUT2D eigenvalue weighted by molar-refractivity contribution is -0.384. The van der Waals surface area contributed by atoms with Crippen LogP contribution in [0, 0.1) is 10.1 Å². The van der Waals surface area contributed by atoms with Crippen LogP contribution in [0.15, 0.2) is 30.6 Å². The van der Waals surface area contributed by atoms with E-state index in [0.29, 0.717) is 4.96 Å². The zero-order valence-electron chi connectivity index (χ0n) is 8.35. The van der Waals surface area contributed by atoms with Gasteiger partial charge < -0.3 is 0 Å². The maximum Gasteiger partial charge on any atom is 0.269 e. The number of hydrogen-bond donors (Lipinski definition) is 0. The van der Waals surface area contributed by atoms with Gasteiger partial charge in [-0.05, 0) is 12.1 Å². The van der Waals surface area contributed by atoms with Crippen molar-refractivity contribution in [3.63, 3.8) is 0 Å². The smallest absolute Gasteiger partial charge is 0.258 e. The van der Waals surface area contributed by atoms with Crippen LogP contribution in [-0.2, 0) is 0 Å². The Labute approximate surface area is 98.5 Å². The van der Waals surface area contributed by atoms with E-state index in [0.717, 1.165) is 10.6 Å². The molecule has 2 heterocycles. The fourth-order valence-electron chi connectivity index (χ4n) is 1.40. The van der Waals surface area contributed by atoms with Crippen molar-refractivity contribution in [1.82, 2.24) is 19.8 Å². The van der Waals surface area contributed by atoms with Crippen molar-refractivity contribution in [2.45, 2.75) is 0 Å². The second-order valence-corrected chi connectivity index (χ2v) is 4.23. The molecule has 17 heavy (non-hydrogen) atoms. The topological polar surface area (TPSA) is 86.2 Å². The summed E-state index contributed by atoms with van der Waals surface area (Å²) in [6.07, 6.45) is 1.51. The highest BCUT2D eigenvalue weighted by molar-refractivity contribution is 7.19. The van der Waals surface area contributed by atoms with E-state index in [9.17, 15) is 10.1 Å². The Balaban J connectivity index is 2.03. The summed E-state index contributed by atoms with van der Waals surface area (Å²) in [5.74, 6) is 0. The van der Waals surface area contributed by atoms with E-state index >= 15 is 0 Å². The van der Waals surface area contributed by atoms with Gasteiger partial charge in [0.1, 0.15) is 11.3 Å². The number of hydrogen-bond acceptors (Lipinski definition) is 6. The number of nitro benzene ring substituents is 1. The minimum atomic E-state index is -0.428. The second-order valence-electron chi connectivity index (χ2n) is 3.27. The molecular formula is C9H5N5O2S. The lowest BCUT2D eigenvalue weighted by Gasteiger charge is -1.94. The lowest BCUT2D eigenvalue weighted by Crippen LogP contribution is -1.87. The number of rotatable bonds is 2. The highest BCUT2D eigenvalue weighted by Gasteiger charge is 2.09. The Morgan fingerprint density at radius 1 is 1.29 bits per heavy atom. The van der Waals surface area contributed by atoms with Gasteiger partial charge in [-0.3, -0.25) is 10.1 Å². The Bertz CT molecular complexity index is 658. The number of nitro groups is 1. The highest BCUT2D eigenvalue weighted by Crippen LogP contribution is 2.26. The molecule has 8 heteroatoms. The fourth-order valence-corrected chi connectivity index (χ4v) is 2.23. The predicted octanol–water partition coefficient (Wildman–Crippen LogP) is 1.76. The molecule has 0 bridgehead atoms. The molecule has 0 saturated heterocycles. The van der Waals surface area contributed by atoms with Crippen molar-refractivity contribution in [2.75, 3.05) is 0 Å². The Kier molecular flexibility index (Phi) is 2.08. The molecule has 0 unspecified atom stereocenters. The van der Waals surface area contributed by atoms with E-state index in [4.69, 9.17) is 0 Å². The molecule has 7 nitrogen and oxygen atoms in total. The van der Waals surface area contributed by atoms with Crippen LogP contribution in [0.2, 0.25) is 0 Å². The van der Waals surface area contributed by atoms with Crippen LogP contribution in [-0.4, -0.2) is 24.7 Å². The molecular weight excluding hydrogens is 242 g/mol. The van der Waals surface area contributed by atoms with Crippen LogP contribution in [0.4, 0.5) is 5.69 Å². The molecule has 0 fully saturated rings. The van der Waals surface area contributed by atoms with Gasteiger partial charge in [-0.25, -0.2) is 0 Å². The number of aromatic nitrogens is 4. The molecule has 0 N–H and O–H groups in total. The molecule has 0 atom stereocenters. The van der Waals surface area contributed by atoms with Gasteiger partial charge in [0.05, 0.1) is 4.92 Å². The first-order valence-electron chi connectivity index (χ1n) is 4.66. The molecule has 0 radical (unpaired) electrons. The highest BCUT2D eigenvalue weighted by atomic mass is 32.1. The fraction of sp³-hybridized carbons (Fsp3) is 0. The van der Waals surface area contributed by atoms with E-state index < -0.39 is 4.92 Å². The van der Waals surface area contributed by atoms with E-state index in [1.165, 1.54) is 29.8 Å². The molecule has 1 aromatic carbocycles. The van der Waals surface area contributed by atoms with E-state index in [1.807, 2.05) is 0 Å². The molecule has 84 valence electrons. The average molecular weight is 247 g/mol. The first kappa shape index (κ1) is 9.85. The standard InChI is InChI=1S/C9H5N5O2S/c15-14(16)7-3-1-6(2-4-7)8-12-13-5-10-11-9(13)17-8/h1-5H. The van der Waals surface area contributed by atoms with Crippen molar-refractivity contribution < 1.29 is 4.92 Å². The Hall–Kier alpha value is -2.35. The van der Waals surface area contributed by atoms with Gasteiger partial charge in [0.25, 0.3) is 5.69 Å². The summed E-state index contributed by atoms with van der Waals surface area (Å²) in [7, 11) is 0. The van der Waals surface area contributed by atoms with Crippen molar-refractivity contribution >= 4 is 22.0 Å². The lowest BCUT2D eigenvalue weighted by atomic mass is 10.2. The number of non-ortho nitro benzene ring substituents is 1. The summed E-state index contributed by atoms with van der Waals surface area (Å²) < 4.78 is 1.57. The summed E-state index contributed by atoms with van der Waals surface area (Å²) in [5.41, 5.74) is 0.892. The minimum absolute atomic E-state index is 0.0664. The van der Waals surface area contributed by atoms with Gasteiger partial charge in [-0.15, -0.1) is 10.2 Å². The molecule has 0 aliphatic heterocycles. The number of nitrogens with zero attached hydrogens (tertiary/aromatic N) is 5. The summed E-state index contributed by atoms with van der Waals surface area (Å²) in [6, 6.07) is 6.25. The van der Waals surface area contributed by atoms with Crippen LogP contribution < -0.4 is 0 Å². The van der Waals surface area contributed by atoms with Crippen molar-refractivity contribution in [1.29, 1.82) is 0 Å². The van der Waals surface area contributed by atoms with E-state index in [-0.39, 0.29) is 5.69 Å². The predicted molar refractivity (Wildman–Crippen MR) is 60.7 cm³/mol. The third kappa shape index (κ3) is 1.64. The van der Waals surface area contributed by atoms with E-state index in [2.05, 4.69) is 15.3 Å². The monoisotopic (exact) mass is 247 g/mol. The third-order valence-corrected chi connectivity index (χ3v) is 3.17. The first-order chi connectivity index (χ1) is 8.24. The third-order valence-electron chi connectivity index (χ3n) is 2.21. The van der Waals surface area contributed by atoms with E-state index in [1.54, 1.807) is 16.6 Å². The number of benzene rings is 1. The quantitative estimate of drug-likeness (QED) is 0.508. The molecule has 3 rings (SSSR count). The van der Waals surface area contributed by atoms with Crippen molar-refractivity contribution in [2.24, 2.45) is 0 Å². The summed E-state index contributed by atoms with van der Waals surface area (Å²) in [6.45, 7) is 0. The van der Waals surface area contributed by atoms with Crippen molar-refractivity contribution in [3.05, 3.63) is 40.7 Å². The van der Waals surface area contributed by atoms with Crippen LogP contribution in [0.1, 0.15) is 0 Å². The molecule has 0 saturated carbocycles. The zero-order valence-corrected chi connectivity index (χ0v) is 9.16. The maximum atomic E-state index is 10.5. The Morgan fingerprint density at radius 3 is 2.71 bits per heavy atom. The summed E-state index contributed by atoms with van der Waals surface area (Å²) >= 11 is 1.38.